The molecule has 1 aliphatic carbocycles. The zero-order chi connectivity index (χ0) is 9.35. The van der Waals surface area contributed by atoms with Crippen LogP contribution in [0.2, 0.25) is 0 Å². The molecule has 0 aromatic rings. The zero-order valence-corrected chi connectivity index (χ0v) is 8.02. The van der Waals surface area contributed by atoms with E-state index in [-0.39, 0.29) is 22.9 Å². The molecular formula is C10H16O2. The molecule has 0 heterocycles. The van der Waals surface area contributed by atoms with E-state index in [1.165, 1.54) is 0 Å². The summed E-state index contributed by atoms with van der Waals surface area (Å²) in [6, 6.07) is 0. The highest BCUT2D eigenvalue weighted by atomic mass is 16.2. The van der Waals surface area contributed by atoms with Gasteiger partial charge in [-0.05, 0) is 12.8 Å². The van der Waals surface area contributed by atoms with Crippen LogP contribution in [0.4, 0.5) is 0 Å². The number of ketones is 2. The van der Waals surface area contributed by atoms with Gasteiger partial charge in [0.1, 0.15) is 11.6 Å². The first-order valence-corrected chi connectivity index (χ1v) is 4.50. The Morgan fingerprint density at radius 2 is 2.00 bits per heavy atom. The van der Waals surface area contributed by atoms with E-state index in [0.29, 0.717) is 6.42 Å². The summed E-state index contributed by atoms with van der Waals surface area (Å²) in [4.78, 5) is 22.9. The number of carbonyl (C=O) groups is 2. The summed E-state index contributed by atoms with van der Waals surface area (Å²) in [6.45, 7) is 5.63. The molecule has 0 radical (unpaired) electrons. The number of Topliss-reactive ketones (excluding diaryl/α,β-unsaturated/α-hetero) is 2. The summed E-state index contributed by atoms with van der Waals surface area (Å²) in [7, 11) is 0. The van der Waals surface area contributed by atoms with Crippen LogP contribution in [-0.2, 0) is 9.59 Å². The van der Waals surface area contributed by atoms with E-state index in [1.807, 2.05) is 20.8 Å². The van der Waals surface area contributed by atoms with Crippen molar-refractivity contribution in [1.29, 1.82) is 0 Å². The van der Waals surface area contributed by atoms with Gasteiger partial charge in [-0.2, -0.15) is 0 Å². The summed E-state index contributed by atoms with van der Waals surface area (Å²) in [6.07, 6.45) is 2.27. The molecular weight excluding hydrogens is 152 g/mol. The lowest BCUT2D eigenvalue weighted by Gasteiger charge is -2.20. The van der Waals surface area contributed by atoms with Gasteiger partial charge >= 0.3 is 0 Å². The Hall–Kier alpha value is -0.660. The summed E-state index contributed by atoms with van der Waals surface area (Å²) in [5.74, 6) is -0.0232. The average Bonchev–Trinajstić information content (AvgIpc) is 2.31. The maximum Gasteiger partial charge on any atom is 0.148 e. The van der Waals surface area contributed by atoms with E-state index in [9.17, 15) is 9.59 Å². The lowest BCUT2D eigenvalue weighted by molar-refractivity contribution is -0.136. The molecule has 1 aliphatic rings. The Morgan fingerprint density at radius 3 is 2.33 bits per heavy atom. The van der Waals surface area contributed by atoms with Gasteiger partial charge in [0.15, 0.2) is 0 Å². The summed E-state index contributed by atoms with van der Waals surface area (Å²) in [5.41, 5.74) is -0.356. The maximum atomic E-state index is 11.7. The van der Waals surface area contributed by atoms with Crippen LogP contribution in [0.3, 0.4) is 0 Å². The van der Waals surface area contributed by atoms with E-state index >= 15 is 0 Å². The van der Waals surface area contributed by atoms with E-state index < -0.39 is 0 Å². The fourth-order valence-electron chi connectivity index (χ4n) is 1.62. The van der Waals surface area contributed by atoms with E-state index in [0.717, 1.165) is 12.8 Å². The van der Waals surface area contributed by atoms with Crippen LogP contribution >= 0.6 is 0 Å². The van der Waals surface area contributed by atoms with E-state index in [4.69, 9.17) is 0 Å². The van der Waals surface area contributed by atoms with Gasteiger partial charge in [-0.15, -0.1) is 0 Å². The molecule has 68 valence electrons. The van der Waals surface area contributed by atoms with Crippen molar-refractivity contribution < 1.29 is 9.59 Å². The molecule has 0 N–H and O–H groups in total. The van der Waals surface area contributed by atoms with Crippen LogP contribution in [0.1, 0.15) is 40.0 Å². The molecule has 1 rings (SSSR count). The van der Waals surface area contributed by atoms with Gasteiger partial charge < -0.3 is 0 Å². The van der Waals surface area contributed by atoms with Crippen molar-refractivity contribution in [3.05, 3.63) is 0 Å². The lowest BCUT2D eigenvalue weighted by atomic mass is 9.82. The van der Waals surface area contributed by atoms with Crippen LogP contribution in [0.15, 0.2) is 0 Å². The summed E-state index contributed by atoms with van der Waals surface area (Å²) < 4.78 is 0. The van der Waals surface area contributed by atoms with Gasteiger partial charge in [0, 0.05) is 11.8 Å². The highest BCUT2D eigenvalue weighted by Gasteiger charge is 2.36. The number of rotatable bonds is 1. The Morgan fingerprint density at radius 1 is 1.42 bits per heavy atom. The molecule has 1 atom stereocenters. The molecule has 12 heavy (non-hydrogen) atoms. The second-order valence-electron chi connectivity index (χ2n) is 4.53. The minimum absolute atomic E-state index is 0.116. The van der Waals surface area contributed by atoms with Crippen molar-refractivity contribution >= 4 is 11.6 Å². The average molecular weight is 168 g/mol. The molecule has 0 bridgehead atoms. The Bertz CT molecular complexity index is 210. The van der Waals surface area contributed by atoms with Crippen molar-refractivity contribution in [1.82, 2.24) is 0 Å². The Kier molecular flexibility index (Phi) is 2.36. The van der Waals surface area contributed by atoms with Crippen molar-refractivity contribution in [2.75, 3.05) is 0 Å². The molecule has 0 saturated heterocycles. The van der Waals surface area contributed by atoms with Crippen molar-refractivity contribution in [2.24, 2.45) is 11.3 Å². The molecule has 0 amide bonds. The molecule has 2 nitrogen and oxygen atoms in total. The molecule has 0 spiro atoms. The fourth-order valence-corrected chi connectivity index (χ4v) is 1.62. The maximum absolute atomic E-state index is 11.7. The van der Waals surface area contributed by atoms with Gasteiger partial charge in [0.2, 0.25) is 0 Å². The van der Waals surface area contributed by atoms with Gasteiger partial charge in [0.05, 0.1) is 5.92 Å². The predicted octanol–water partition coefficient (Wildman–Crippen LogP) is 1.97. The normalized spacial score (nSPS) is 24.6. The Labute approximate surface area is 73.3 Å². The molecule has 0 aliphatic heterocycles. The molecule has 1 fully saturated rings. The summed E-state index contributed by atoms with van der Waals surface area (Å²) in [5, 5.41) is 0. The lowest BCUT2D eigenvalue weighted by Crippen LogP contribution is -2.30. The minimum Gasteiger partial charge on any atom is -0.299 e. The third kappa shape index (κ3) is 1.74. The largest absolute Gasteiger partial charge is 0.299 e. The van der Waals surface area contributed by atoms with E-state index in [1.54, 1.807) is 0 Å². The predicted molar refractivity (Wildman–Crippen MR) is 46.8 cm³/mol. The van der Waals surface area contributed by atoms with Crippen LogP contribution < -0.4 is 0 Å². The topological polar surface area (TPSA) is 34.1 Å². The first-order chi connectivity index (χ1) is 5.43. The fraction of sp³-hybridized carbons (Fsp3) is 0.800. The van der Waals surface area contributed by atoms with Crippen LogP contribution in [0.25, 0.3) is 0 Å². The highest BCUT2D eigenvalue weighted by molar-refractivity contribution is 6.05. The van der Waals surface area contributed by atoms with Gasteiger partial charge in [-0.25, -0.2) is 0 Å². The smallest absolute Gasteiger partial charge is 0.148 e. The zero-order valence-electron chi connectivity index (χ0n) is 8.02. The molecule has 2 heteroatoms. The van der Waals surface area contributed by atoms with Gasteiger partial charge in [0.25, 0.3) is 0 Å². The van der Waals surface area contributed by atoms with Crippen LogP contribution in [0.5, 0.6) is 0 Å². The molecule has 1 unspecified atom stereocenters. The second kappa shape index (κ2) is 3.00. The van der Waals surface area contributed by atoms with E-state index in [2.05, 4.69) is 0 Å². The first-order valence-electron chi connectivity index (χ1n) is 4.50. The van der Waals surface area contributed by atoms with Crippen LogP contribution in [0, 0.1) is 11.3 Å². The minimum atomic E-state index is -0.356. The SMILES string of the molecule is CC(C)(C)C(=O)C1CCCC1=O. The summed E-state index contributed by atoms with van der Waals surface area (Å²) >= 11 is 0. The molecule has 0 aromatic carbocycles. The first kappa shape index (κ1) is 9.43. The number of hydrogen-bond donors (Lipinski definition) is 0. The second-order valence-corrected chi connectivity index (χ2v) is 4.53. The van der Waals surface area contributed by atoms with Crippen LogP contribution in [-0.4, -0.2) is 11.6 Å². The number of hydrogen-bond acceptors (Lipinski definition) is 2. The number of carbonyl (C=O) groups excluding carboxylic acids is 2. The van der Waals surface area contributed by atoms with Crippen molar-refractivity contribution in [3.8, 4) is 0 Å². The monoisotopic (exact) mass is 168 g/mol. The quantitative estimate of drug-likeness (QED) is 0.561. The molecule has 0 aromatic heterocycles. The van der Waals surface area contributed by atoms with Gasteiger partial charge in [-0.3, -0.25) is 9.59 Å². The molecule has 1 saturated carbocycles. The van der Waals surface area contributed by atoms with Crippen molar-refractivity contribution in [2.45, 2.75) is 40.0 Å². The standard InChI is InChI=1S/C10H16O2/c1-10(2,3)9(12)7-5-4-6-8(7)11/h7H,4-6H2,1-3H3. The highest BCUT2D eigenvalue weighted by Crippen LogP contribution is 2.29. The Balaban J connectivity index is 2.71. The third-order valence-corrected chi connectivity index (χ3v) is 2.36. The van der Waals surface area contributed by atoms with Crippen molar-refractivity contribution in [3.63, 3.8) is 0 Å². The third-order valence-electron chi connectivity index (χ3n) is 2.36. The van der Waals surface area contributed by atoms with Gasteiger partial charge in [-0.1, -0.05) is 20.8 Å².